The van der Waals surface area contributed by atoms with Crippen molar-refractivity contribution in [2.45, 2.75) is 43.0 Å². The summed E-state index contributed by atoms with van der Waals surface area (Å²) < 4.78 is 0. The monoisotopic (exact) mass is 301 g/mol. The molecule has 0 amide bonds. The zero-order chi connectivity index (χ0) is 14.9. The Morgan fingerprint density at radius 1 is 1.14 bits per heavy atom. The molecule has 1 heterocycles. The van der Waals surface area contributed by atoms with E-state index in [9.17, 15) is 0 Å². The molecule has 0 aliphatic heterocycles. The third kappa shape index (κ3) is 4.83. The topological polar surface area (TPSA) is 37.8 Å². The molecule has 0 saturated heterocycles. The van der Waals surface area contributed by atoms with Crippen molar-refractivity contribution in [3.63, 3.8) is 0 Å². The first kappa shape index (κ1) is 16.0. The van der Waals surface area contributed by atoms with Gasteiger partial charge in [0, 0.05) is 23.7 Å². The molecule has 2 aromatic rings. The Hall–Kier alpha value is -1.39. The fourth-order valence-electron chi connectivity index (χ4n) is 2.31. The highest BCUT2D eigenvalue weighted by Crippen LogP contribution is 2.33. The van der Waals surface area contributed by atoms with Gasteiger partial charge in [0.1, 0.15) is 5.03 Å². The van der Waals surface area contributed by atoms with Gasteiger partial charge in [-0.3, -0.25) is 4.98 Å². The number of nitrogens with one attached hydrogen (secondary N) is 1. The van der Waals surface area contributed by atoms with Crippen molar-refractivity contribution in [1.82, 2.24) is 15.3 Å². The van der Waals surface area contributed by atoms with E-state index in [1.54, 1.807) is 24.2 Å². The van der Waals surface area contributed by atoms with Crippen molar-refractivity contribution in [1.29, 1.82) is 0 Å². The number of benzene rings is 1. The third-order valence-electron chi connectivity index (χ3n) is 3.36. The summed E-state index contributed by atoms with van der Waals surface area (Å²) in [5, 5.41) is 5.12. The van der Waals surface area contributed by atoms with E-state index in [2.05, 4.69) is 59.5 Å². The van der Waals surface area contributed by atoms with Crippen molar-refractivity contribution in [2.24, 2.45) is 0 Å². The summed E-state index contributed by atoms with van der Waals surface area (Å²) in [6, 6.07) is 11.0. The Bertz CT molecular complexity index is 504. The molecular weight excluding hydrogens is 278 g/mol. The second-order valence-corrected chi connectivity index (χ2v) is 6.21. The van der Waals surface area contributed by atoms with E-state index in [1.807, 2.05) is 6.20 Å². The minimum atomic E-state index is 0.336. The second-order valence-electron chi connectivity index (χ2n) is 4.95. The molecule has 0 radical (unpaired) electrons. The largest absolute Gasteiger partial charge is 0.309 e. The molecule has 0 aliphatic carbocycles. The van der Waals surface area contributed by atoms with Gasteiger partial charge in [0.05, 0.1) is 6.20 Å². The number of aromatic nitrogens is 2. The summed E-state index contributed by atoms with van der Waals surface area (Å²) >= 11 is 1.81. The van der Waals surface area contributed by atoms with E-state index in [0.717, 1.165) is 24.4 Å². The summed E-state index contributed by atoms with van der Waals surface area (Å²) in [6.45, 7) is 5.46. The summed E-state index contributed by atoms with van der Waals surface area (Å²) in [4.78, 5) is 8.56. The van der Waals surface area contributed by atoms with Crippen LogP contribution in [0.25, 0.3) is 0 Å². The number of thioether (sulfide) groups is 1. The van der Waals surface area contributed by atoms with Crippen LogP contribution in [0.1, 0.15) is 38.3 Å². The van der Waals surface area contributed by atoms with Gasteiger partial charge in [-0.05, 0) is 24.9 Å². The maximum atomic E-state index is 4.40. The predicted molar refractivity (Wildman–Crippen MR) is 89.4 cm³/mol. The standard InChI is InChI=1S/C17H23N3S/c1-3-10-20-17(14-8-6-5-7-9-14)15(4-2)21-16-13-18-11-12-19-16/h5-9,11-13,15,17,20H,3-4,10H2,1-2H3. The van der Waals surface area contributed by atoms with Gasteiger partial charge in [-0.25, -0.2) is 4.98 Å². The van der Waals surface area contributed by atoms with Crippen LogP contribution in [-0.2, 0) is 0 Å². The van der Waals surface area contributed by atoms with E-state index in [4.69, 9.17) is 0 Å². The van der Waals surface area contributed by atoms with Gasteiger partial charge in [-0.2, -0.15) is 0 Å². The number of rotatable bonds is 8. The molecule has 112 valence electrons. The maximum absolute atomic E-state index is 4.40. The van der Waals surface area contributed by atoms with Gasteiger partial charge in [0.2, 0.25) is 0 Å². The van der Waals surface area contributed by atoms with Crippen molar-refractivity contribution in [2.75, 3.05) is 6.54 Å². The van der Waals surface area contributed by atoms with Crippen LogP contribution in [0, 0.1) is 0 Å². The van der Waals surface area contributed by atoms with Crippen LogP contribution in [0.2, 0.25) is 0 Å². The van der Waals surface area contributed by atoms with Crippen molar-refractivity contribution >= 4 is 11.8 Å². The lowest BCUT2D eigenvalue weighted by Gasteiger charge is -2.27. The van der Waals surface area contributed by atoms with Gasteiger partial charge in [-0.15, -0.1) is 0 Å². The Kier molecular flexibility index (Phi) is 6.70. The zero-order valence-electron chi connectivity index (χ0n) is 12.7. The minimum Gasteiger partial charge on any atom is -0.309 e. The fourth-order valence-corrected chi connectivity index (χ4v) is 3.42. The first-order valence-corrected chi connectivity index (χ1v) is 8.44. The molecule has 1 aromatic carbocycles. The number of hydrogen-bond acceptors (Lipinski definition) is 4. The molecule has 1 aromatic heterocycles. The normalized spacial score (nSPS) is 13.8. The molecule has 0 bridgehead atoms. The lowest BCUT2D eigenvalue weighted by molar-refractivity contribution is 0.505. The Morgan fingerprint density at radius 3 is 2.57 bits per heavy atom. The molecule has 21 heavy (non-hydrogen) atoms. The number of nitrogens with zero attached hydrogens (tertiary/aromatic N) is 2. The van der Waals surface area contributed by atoms with Crippen molar-refractivity contribution in [3.05, 3.63) is 54.5 Å². The van der Waals surface area contributed by atoms with Gasteiger partial charge in [0.15, 0.2) is 0 Å². The highest BCUT2D eigenvalue weighted by molar-refractivity contribution is 7.99. The van der Waals surface area contributed by atoms with E-state index in [1.165, 1.54) is 5.56 Å². The van der Waals surface area contributed by atoms with Crippen LogP contribution in [0.15, 0.2) is 53.9 Å². The third-order valence-corrected chi connectivity index (χ3v) is 4.72. The lowest BCUT2D eigenvalue weighted by atomic mass is 10.0. The van der Waals surface area contributed by atoms with Crippen LogP contribution < -0.4 is 5.32 Å². The van der Waals surface area contributed by atoms with Crippen LogP contribution in [0.5, 0.6) is 0 Å². The van der Waals surface area contributed by atoms with Gasteiger partial charge in [0.25, 0.3) is 0 Å². The molecule has 0 saturated carbocycles. The summed E-state index contributed by atoms with van der Waals surface area (Å²) in [7, 11) is 0. The maximum Gasteiger partial charge on any atom is 0.115 e. The predicted octanol–water partition coefficient (Wildman–Crippen LogP) is 4.09. The molecular formula is C17H23N3S. The van der Waals surface area contributed by atoms with Gasteiger partial charge >= 0.3 is 0 Å². The highest BCUT2D eigenvalue weighted by Gasteiger charge is 2.22. The Morgan fingerprint density at radius 2 is 1.95 bits per heavy atom. The Balaban J connectivity index is 2.16. The van der Waals surface area contributed by atoms with E-state index < -0.39 is 0 Å². The quantitative estimate of drug-likeness (QED) is 0.745. The van der Waals surface area contributed by atoms with Gasteiger partial charge in [-0.1, -0.05) is 55.9 Å². The Labute approximate surface area is 131 Å². The summed E-state index contributed by atoms with van der Waals surface area (Å²) in [5.41, 5.74) is 1.34. The minimum absolute atomic E-state index is 0.336. The molecule has 2 atom stereocenters. The first-order chi connectivity index (χ1) is 10.3. The average Bonchev–Trinajstić information content (AvgIpc) is 2.56. The SMILES string of the molecule is CCCNC(c1ccccc1)C(CC)Sc1cnccn1. The van der Waals surface area contributed by atoms with E-state index >= 15 is 0 Å². The van der Waals surface area contributed by atoms with Crippen molar-refractivity contribution < 1.29 is 0 Å². The average molecular weight is 301 g/mol. The molecule has 2 rings (SSSR count). The first-order valence-electron chi connectivity index (χ1n) is 7.56. The molecule has 1 N–H and O–H groups in total. The molecule has 2 unspecified atom stereocenters. The molecule has 3 nitrogen and oxygen atoms in total. The van der Waals surface area contributed by atoms with Crippen LogP contribution in [-0.4, -0.2) is 21.8 Å². The van der Waals surface area contributed by atoms with E-state index in [-0.39, 0.29) is 0 Å². The second kappa shape index (κ2) is 8.80. The lowest BCUT2D eigenvalue weighted by Crippen LogP contribution is -2.30. The molecule has 4 heteroatoms. The smallest absolute Gasteiger partial charge is 0.115 e. The fraction of sp³-hybridized carbons (Fsp3) is 0.412. The van der Waals surface area contributed by atoms with Gasteiger partial charge < -0.3 is 5.32 Å². The zero-order valence-corrected chi connectivity index (χ0v) is 13.5. The summed E-state index contributed by atoms with van der Waals surface area (Å²) in [6.07, 6.45) is 7.53. The summed E-state index contributed by atoms with van der Waals surface area (Å²) in [5.74, 6) is 0. The van der Waals surface area contributed by atoms with Crippen LogP contribution in [0.4, 0.5) is 0 Å². The molecule has 0 spiro atoms. The highest BCUT2D eigenvalue weighted by atomic mass is 32.2. The molecule has 0 aliphatic rings. The molecule has 0 fully saturated rings. The van der Waals surface area contributed by atoms with Crippen LogP contribution in [0.3, 0.4) is 0 Å². The van der Waals surface area contributed by atoms with E-state index in [0.29, 0.717) is 11.3 Å². The van der Waals surface area contributed by atoms with Crippen molar-refractivity contribution in [3.8, 4) is 0 Å². The van der Waals surface area contributed by atoms with Crippen LogP contribution >= 0.6 is 11.8 Å². The number of hydrogen-bond donors (Lipinski definition) is 1.